The molecule has 12 heteroatoms. The van der Waals surface area contributed by atoms with E-state index in [1.165, 1.54) is 37.3 Å². The summed E-state index contributed by atoms with van der Waals surface area (Å²) < 4.78 is 40.4. The number of rotatable bonds is 14. The number of ether oxygens (including phenoxy) is 2. The summed E-state index contributed by atoms with van der Waals surface area (Å²) >= 11 is 12.7. The smallest absolute Gasteiger partial charge is 0.264 e. The number of halogens is 2. The first kappa shape index (κ1) is 34.6. The third-order valence-corrected chi connectivity index (χ3v) is 9.60. The number of anilines is 1. The van der Waals surface area contributed by atoms with Gasteiger partial charge in [-0.05, 0) is 54.4 Å². The van der Waals surface area contributed by atoms with Gasteiger partial charge in [0.1, 0.15) is 24.1 Å². The molecule has 0 aromatic heterocycles. The van der Waals surface area contributed by atoms with Crippen LogP contribution in [0.1, 0.15) is 18.1 Å². The Labute approximate surface area is 279 Å². The number of nitrogens with zero attached hydrogens (tertiary/aromatic N) is 2. The molecule has 1 atom stereocenters. The van der Waals surface area contributed by atoms with Crippen molar-refractivity contribution < 1.29 is 27.5 Å². The lowest BCUT2D eigenvalue weighted by molar-refractivity contribution is -0.140. The summed E-state index contributed by atoms with van der Waals surface area (Å²) in [4.78, 5) is 29.6. The molecule has 9 nitrogen and oxygen atoms in total. The fraction of sp³-hybridized carbons (Fsp3) is 0.235. The van der Waals surface area contributed by atoms with Gasteiger partial charge in [0.15, 0.2) is 0 Å². The zero-order chi connectivity index (χ0) is 33.3. The Balaban J connectivity index is 1.87. The highest BCUT2D eigenvalue weighted by molar-refractivity contribution is 7.92. The van der Waals surface area contributed by atoms with Crippen LogP contribution < -0.4 is 19.1 Å². The predicted octanol–water partition coefficient (Wildman–Crippen LogP) is 5.98. The summed E-state index contributed by atoms with van der Waals surface area (Å²) in [5, 5.41) is 3.53. The molecule has 4 aromatic carbocycles. The van der Waals surface area contributed by atoms with Crippen molar-refractivity contribution in [2.45, 2.75) is 30.8 Å². The van der Waals surface area contributed by atoms with Crippen LogP contribution in [-0.4, -0.2) is 58.5 Å². The molecule has 0 saturated carbocycles. The molecule has 0 bridgehead atoms. The largest absolute Gasteiger partial charge is 0.497 e. The Morgan fingerprint density at radius 2 is 1.54 bits per heavy atom. The number of benzene rings is 4. The van der Waals surface area contributed by atoms with Gasteiger partial charge in [-0.15, -0.1) is 0 Å². The number of likely N-dealkylation sites (N-methyl/N-ethyl adjacent to an activating group) is 1. The molecule has 2 amide bonds. The van der Waals surface area contributed by atoms with Crippen LogP contribution in [0.2, 0.25) is 10.0 Å². The minimum atomic E-state index is -4.34. The molecule has 1 N–H and O–H groups in total. The quantitative estimate of drug-likeness (QED) is 0.175. The maximum absolute atomic E-state index is 14.6. The van der Waals surface area contributed by atoms with Crippen molar-refractivity contribution in [2.75, 3.05) is 31.6 Å². The summed E-state index contributed by atoms with van der Waals surface area (Å²) in [5.74, 6) is -0.501. The van der Waals surface area contributed by atoms with Crippen LogP contribution in [-0.2, 0) is 32.6 Å². The van der Waals surface area contributed by atoms with Crippen LogP contribution in [0.4, 0.5) is 5.69 Å². The topological polar surface area (TPSA) is 105 Å². The second-order valence-electron chi connectivity index (χ2n) is 10.2. The van der Waals surface area contributed by atoms with Gasteiger partial charge in [-0.3, -0.25) is 13.9 Å². The van der Waals surface area contributed by atoms with E-state index in [9.17, 15) is 18.0 Å². The molecule has 0 heterocycles. The van der Waals surface area contributed by atoms with E-state index in [1.807, 2.05) is 30.3 Å². The maximum atomic E-state index is 14.6. The molecular weight excluding hydrogens is 649 g/mol. The first-order valence-corrected chi connectivity index (χ1v) is 16.6. The van der Waals surface area contributed by atoms with Crippen molar-refractivity contribution in [3.05, 3.63) is 118 Å². The molecule has 4 rings (SSSR count). The van der Waals surface area contributed by atoms with Crippen molar-refractivity contribution >= 4 is 50.7 Å². The summed E-state index contributed by atoms with van der Waals surface area (Å²) in [7, 11) is -1.48. The summed E-state index contributed by atoms with van der Waals surface area (Å²) in [6.45, 7) is 1.33. The number of amides is 2. The van der Waals surface area contributed by atoms with Crippen molar-refractivity contribution in [3.8, 4) is 11.5 Å². The molecule has 0 spiro atoms. The highest BCUT2D eigenvalue weighted by Gasteiger charge is 2.36. The Kier molecular flexibility index (Phi) is 11.9. The highest BCUT2D eigenvalue weighted by Crippen LogP contribution is 2.36. The Morgan fingerprint density at radius 3 is 2.15 bits per heavy atom. The van der Waals surface area contributed by atoms with E-state index >= 15 is 0 Å². The molecular formula is C34H35Cl2N3O6S. The van der Waals surface area contributed by atoms with Crippen molar-refractivity contribution in [1.29, 1.82) is 0 Å². The van der Waals surface area contributed by atoms with E-state index in [0.29, 0.717) is 27.9 Å². The lowest BCUT2D eigenvalue weighted by Gasteiger charge is -2.34. The van der Waals surface area contributed by atoms with Gasteiger partial charge in [0.25, 0.3) is 10.0 Å². The predicted molar refractivity (Wildman–Crippen MR) is 180 cm³/mol. The molecule has 0 aliphatic carbocycles. The summed E-state index contributed by atoms with van der Waals surface area (Å²) in [5.41, 5.74) is 1.42. The fourth-order valence-corrected chi connectivity index (χ4v) is 6.81. The van der Waals surface area contributed by atoms with Crippen LogP contribution in [0.25, 0.3) is 0 Å². The second kappa shape index (κ2) is 15.8. The van der Waals surface area contributed by atoms with Gasteiger partial charge >= 0.3 is 0 Å². The van der Waals surface area contributed by atoms with Gasteiger partial charge in [-0.25, -0.2) is 8.42 Å². The highest BCUT2D eigenvalue weighted by atomic mass is 35.5. The minimum absolute atomic E-state index is 0.0375. The van der Waals surface area contributed by atoms with E-state index in [-0.39, 0.29) is 29.3 Å². The third kappa shape index (κ3) is 8.31. The lowest BCUT2D eigenvalue weighted by atomic mass is 10.0. The van der Waals surface area contributed by atoms with Crippen LogP contribution in [0, 0.1) is 0 Å². The number of carbonyl (C=O) groups excluding carboxylic acids is 2. The lowest BCUT2D eigenvalue weighted by Crippen LogP contribution is -2.53. The van der Waals surface area contributed by atoms with E-state index in [2.05, 4.69) is 5.32 Å². The Hall–Kier alpha value is -4.25. The van der Waals surface area contributed by atoms with Crippen molar-refractivity contribution in [3.63, 3.8) is 0 Å². The van der Waals surface area contributed by atoms with Crippen LogP contribution in [0.15, 0.2) is 102 Å². The molecule has 0 aliphatic rings. The van der Waals surface area contributed by atoms with E-state index in [4.69, 9.17) is 32.7 Å². The molecule has 0 saturated heterocycles. The van der Waals surface area contributed by atoms with Gasteiger partial charge < -0.3 is 19.7 Å². The Morgan fingerprint density at radius 1 is 0.870 bits per heavy atom. The average molecular weight is 685 g/mol. The van der Waals surface area contributed by atoms with Gasteiger partial charge in [0.05, 0.1) is 24.8 Å². The normalized spacial score (nSPS) is 11.8. The van der Waals surface area contributed by atoms with Crippen LogP contribution >= 0.6 is 23.2 Å². The van der Waals surface area contributed by atoms with E-state index < -0.39 is 34.4 Å². The number of methoxy groups -OCH3 is 2. The SMILES string of the molecule is CCNC(=O)[C@@H](Cc1ccccc1)N(Cc1ccc(Cl)cc1Cl)C(=O)CN(c1cc(OC)ccc1OC)S(=O)(=O)c1ccccc1. The van der Waals surface area contributed by atoms with Crippen molar-refractivity contribution in [2.24, 2.45) is 0 Å². The zero-order valence-corrected chi connectivity index (χ0v) is 28.0. The van der Waals surface area contributed by atoms with Gasteiger partial charge in [0.2, 0.25) is 11.8 Å². The molecule has 0 radical (unpaired) electrons. The summed E-state index contributed by atoms with van der Waals surface area (Å²) in [6.07, 6.45) is 0.164. The van der Waals surface area contributed by atoms with Crippen LogP contribution in [0.3, 0.4) is 0 Å². The van der Waals surface area contributed by atoms with E-state index in [1.54, 1.807) is 55.5 Å². The molecule has 4 aromatic rings. The summed E-state index contributed by atoms with van der Waals surface area (Å²) in [6, 6.07) is 25.5. The number of nitrogens with one attached hydrogen (secondary N) is 1. The van der Waals surface area contributed by atoms with Gasteiger partial charge in [-0.2, -0.15) is 0 Å². The Bertz CT molecular complexity index is 1760. The average Bonchev–Trinajstić information content (AvgIpc) is 3.06. The number of carbonyl (C=O) groups is 2. The minimum Gasteiger partial charge on any atom is -0.497 e. The number of sulfonamides is 1. The third-order valence-electron chi connectivity index (χ3n) is 7.24. The monoisotopic (exact) mass is 683 g/mol. The molecule has 0 fully saturated rings. The van der Waals surface area contributed by atoms with Crippen LogP contribution in [0.5, 0.6) is 11.5 Å². The molecule has 46 heavy (non-hydrogen) atoms. The number of hydrogen-bond acceptors (Lipinski definition) is 6. The second-order valence-corrected chi connectivity index (χ2v) is 12.9. The first-order chi connectivity index (χ1) is 22.1. The van der Waals surface area contributed by atoms with Gasteiger partial charge in [-0.1, -0.05) is 77.8 Å². The standard InChI is InChI=1S/C34H35Cl2N3O6S/c1-4-37-34(41)31(19-24-11-7-5-8-12-24)38(22-25-15-16-26(35)20-29(25)36)33(40)23-39(46(42,43)28-13-9-6-10-14-28)30-21-27(44-2)17-18-32(30)45-3/h5-18,20-21,31H,4,19,22-23H2,1-3H3,(H,37,41)/t31-/m1/s1. The van der Waals surface area contributed by atoms with Gasteiger partial charge in [0, 0.05) is 35.6 Å². The fourth-order valence-electron chi connectivity index (χ4n) is 4.90. The molecule has 242 valence electrons. The van der Waals surface area contributed by atoms with E-state index in [0.717, 1.165) is 9.87 Å². The van der Waals surface area contributed by atoms with Crippen molar-refractivity contribution in [1.82, 2.24) is 10.2 Å². The zero-order valence-electron chi connectivity index (χ0n) is 25.7. The molecule has 0 aliphatic heterocycles. The number of hydrogen-bond donors (Lipinski definition) is 1. The maximum Gasteiger partial charge on any atom is 0.264 e. The first-order valence-electron chi connectivity index (χ1n) is 14.4. The molecule has 0 unspecified atom stereocenters.